The second-order valence-electron chi connectivity index (χ2n) is 4.81. The fourth-order valence-corrected chi connectivity index (χ4v) is 2.08. The van der Waals surface area contributed by atoms with Crippen LogP contribution in [0.15, 0.2) is 48.5 Å². The van der Waals surface area contributed by atoms with E-state index in [1.807, 2.05) is 49.4 Å². The summed E-state index contributed by atoms with van der Waals surface area (Å²) in [7, 11) is 1.64. The van der Waals surface area contributed by atoms with E-state index in [4.69, 9.17) is 4.74 Å². The molecule has 0 aliphatic carbocycles. The van der Waals surface area contributed by atoms with E-state index >= 15 is 0 Å². The molecule has 2 aromatic rings. The first-order valence-electron chi connectivity index (χ1n) is 6.60. The monoisotopic (exact) mass is 269 g/mol. The van der Waals surface area contributed by atoms with Crippen molar-refractivity contribution in [2.45, 2.75) is 20.1 Å². The Kier molecular flexibility index (Phi) is 4.91. The average molecular weight is 269 g/mol. The molecule has 0 saturated carbocycles. The third-order valence-electron chi connectivity index (χ3n) is 3.04. The van der Waals surface area contributed by atoms with Crippen LogP contribution >= 0.6 is 0 Å². The summed E-state index contributed by atoms with van der Waals surface area (Å²) in [4.78, 5) is 12.1. The van der Waals surface area contributed by atoms with E-state index in [0.717, 1.165) is 11.1 Å². The topological polar surface area (TPSA) is 38.3 Å². The van der Waals surface area contributed by atoms with Crippen LogP contribution in [0.3, 0.4) is 0 Å². The lowest BCUT2D eigenvalue weighted by Crippen LogP contribution is -2.22. The van der Waals surface area contributed by atoms with Crippen LogP contribution in [0.2, 0.25) is 0 Å². The molecule has 0 fully saturated rings. The number of benzene rings is 2. The van der Waals surface area contributed by atoms with Gasteiger partial charge < -0.3 is 10.1 Å². The van der Waals surface area contributed by atoms with Gasteiger partial charge in [-0.2, -0.15) is 0 Å². The molecule has 1 N–H and O–H groups in total. The predicted octanol–water partition coefficient (Wildman–Crippen LogP) is 3.07. The minimum absolute atomic E-state index is 0.0653. The summed E-state index contributed by atoms with van der Waals surface area (Å²) in [6.07, 6.45) is 0. The molecule has 3 heteroatoms. The van der Waals surface area contributed by atoms with Crippen molar-refractivity contribution in [3.8, 4) is 0 Å². The Morgan fingerprint density at radius 1 is 1.10 bits per heavy atom. The van der Waals surface area contributed by atoms with E-state index in [9.17, 15) is 4.79 Å². The summed E-state index contributed by atoms with van der Waals surface area (Å²) < 4.78 is 5.07. The molecule has 0 saturated heterocycles. The summed E-state index contributed by atoms with van der Waals surface area (Å²) in [5, 5.41) is 2.93. The van der Waals surface area contributed by atoms with Crippen LogP contribution in [0, 0.1) is 6.92 Å². The molecule has 0 radical (unpaired) electrons. The molecule has 0 aliphatic heterocycles. The van der Waals surface area contributed by atoms with Gasteiger partial charge in [0.1, 0.15) is 0 Å². The van der Waals surface area contributed by atoms with Crippen molar-refractivity contribution in [2.24, 2.45) is 0 Å². The Morgan fingerprint density at radius 2 is 1.85 bits per heavy atom. The van der Waals surface area contributed by atoms with Gasteiger partial charge in [0, 0.05) is 19.2 Å². The largest absolute Gasteiger partial charge is 0.380 e. The van der Waals surface area contributed by atoms with Gasteiger partial charge in [-0.3, -0.25) is 4.79 Å². The maximum absolute atomic E-state index is 12.1. The Labute approximate surface area is 119 Å². The molecule has 0 unspecified atom stereocenters. The first-order chi connectivity index (χ1) is 9.69. The molecule has 104 valence electrons. The van der Waals surface area contributed by atoms with Crippen LogP contribution in [-0.2, 0) is 17.9 Å². The van der Waals surface area contributed by atoms with E-state index in [0.29, 0.717) is 18.7 Å². The zero-order valence-corrected chi connectivity index (χ0v) is 11.8. The van der Waals surface area contributed by atoms with Crippen molar-refractivity contribution in [3.63, 3.8) is 0 Å². The highest BCUT2D eigenvalue weighted by Gasteiger charge is 2.06. The van der Waals surface area contributed by atoms with Crippen molar-refractivity contribution in [1.82, 2.24) is 5.32 Å². The van der Waals surface area contributed by atoms with Gasteiger partial charge in [-0.15, -0.1) is 0 Å². The lowest BCUT2D eigenvalue weighted by molar-refractivity contribution is 0.0950. The average Bonchev–Trinajstić information content (AvgIpc) is 2.45. The maximum Gasteiger partial charge on any atom is 0.251 e. The third kappa shape index (κ3) is 3.93. The summed E-state index contributed by atoms with van der Waals surface area (Å²) >= 11 is 0. The highest BCUT2D eigenvalue weighted by Crippen LogP contribution is 2.08. The standard InChI is InChI=1S/C17H19NO2/c1-13-5-3-6-14(9-13)11-18-17(19)16-8-4-7-15(10-16)12-20-2/h3-10H,11-12H2,1-2H3,(H,18,19). The molecule has 20 heavy (non-hydrogen) atoms. The number of ether oxygens (including phenoxy) is 1. The van der Waals surface area contributed by atoms with Gasteiger partial charge in [0.2, 0.25) is 0 Å². The van der Waals surface area contributed by atoms with Crippen LogP contribution < -0.4 is 5.32 Å². The Morgan fingerprint density at radius 3 is 2.60 bits per heavy atom. The molecule has 0 aromatic heterocycles. The molecular weight excluding hydrogens is 250 g/mol. The molecule has 0 spiro atoms. The number of carbonyl (C=O) groups excluding carboxylic acids is 1. The van der Waals surface area contributed by atoms with Crippen LogP contribution in [0.25, 0.3) is 0 Å². The number of aryl methyl sites for hydroxylation is 1. The van der Waals surface area contributed by atoms with Crippen LogP contribution in [0.4, 0.5) is 0 Å². The Balaban J connectivity index is 1.99. The van der Waals surface area contributed by atoms with Crippen LogP contribution in [0.1, 0.15) is 27.0 Å². The normalized spacial score (nSPS) is 10.3. The van der Waals surface area contributed by atoms with Crippen molar-refractivity contribution >= 4 is 5.91 Å². The molecule has 0 heterocycles. The van der Waals surface area contributed by atoms with Gasteiger partial charge in [0.25, 0.3) is 5.91 Å². The van der Waals surface area contributed by atoms with Crippen molar-refractivity contribution in [3.05, 3.63) is 70.8 Å². The second kappa shape index (κ2) is 6.87. The van der Waals surface area contributed by atoms with E-state index in [2.05, 4.69) is 11.4 Å². The second-order valence-corrected chi connectivity index (χ2v) is 4.81. The predicted molar refractivity (Wildman–Crippen MR) is 79.5 cm³/mol. The van der Waals surface area contributed by atoms with Gasteiger partial charge >= 0.3 is 0 Å². The third-order valence-corrected chi connectivity index (χ3v) is 3.04. The van der Waals surface area contributed by atoms with Gasteiger partial charge in [-0.05, 0) is 30.2 Å². The highest BCUT2D eigenvalue weighted by molar-refractivity contribution is 5.94. The number of carbonyl (C=O) groups is 1. The molecule has 0 aliphatic rings. The first-order valence-corrected chi connectivity index (χ1v) is 6.60. The minimum atomic E-state index is -0.0653. The number of amides is 1. The van der Waals surface area contributed by atoms with Gasteiger partial charge in [0.15, 0.2) is 0 Å². The highest BCUT2D eigenvalue weighted by atomic mass is 16.5. The number of rotatable bonds is 5. The van der Waals surface area contributed by atoms with E-state index < -0.39 is 0 Å². The molecule has 0 atom stereocenters. The van der Waals surface area contributed by atoms with Gasteiger partial charge in [-0.25, -0.2) is 0 Å². The van der Waals surface area contributed by atoms with Gasteiger partial charge in [0.05, 0.1) is 6.61 Å². The fourth-order valence-electron chi connectivity index (χ4n) is 2.08. The van der Waals surface area contributed by atoms with Crippen molar-refractivity contribution in [2.75, 3.05) is 7.11 Å². The van der Waals surface area contributed by atoms with Crippen LogP contribution in [0.5, 0.6) is 0 Å². The fraction of sp³-hybridized carbons (Fsp3) is 0.235. The molecular formula is C17H19NO2. The minimum Gasteiger partial charge on any atom is -0.380 e. The Hall–Kier alpha value is -2.13. The summed E-state index contributed by atoms with van der Waals surface area (Å²) in [5.41, 5.74) is 3.95. The van der Waals surface area contributed by atoms with E-state index in [1.54, 1.807) is 7.11 Å². The number of nitrogens with one attached hydrogen (secondary N) is 1. The summed E-state index contributed by atoms with van der Waals surface area (Å²) in [5.74, 6) is -0.0653. The number of methoxy groups -OCH3 is 1. The molecule has 0 bridgehead atoms. The quantitative estimate of drug-likeness (QED) is 0.906. The zero-order chi connectivity index (χ0) is 14.4. The Bertz CT molecular complexity index is 593. The van der Waals surface area contributed by atoms with Crippen molar-refractivity contribution < 1.29 is 9.53 Å². The van der Waals surface area contributed by atoms with Crippen molar-refractivity contribution in [1.29, 1.82) is 0 Å². The summed E-state index contributed by atoms with van der Waals surface area (Å²) in [6, 6.07) is 15.6. The molecule has 3 nitrogen and oxygen atoms in total. The van der Waals surface area contributed by atoms with E-state index in [1.165, 1.54) is 5.56 Å². The molecule has 2 rings (SSSR count). The number of hydrogen-bond acceptors (Lipinski definition) is 2. The lowest BCUT2D eigenvalue weighted by Gasteiger charge is -2.07. The maximum atomic E-state index is 12.1. The lowest BCUT2D eigenvalue weighted by atomic mass is 10.1. The zero-order valence-electron chi connectivity index (χ0n) is 11.8. The summed E-state index contributed by atoms with van der Waals surface area (Å²) in [6.45, 7) is 3.09. The molecule has 2 aromatic carbocycles. The molecule has 1 amide bonds. The van der Waals surface area contributed by atoms with E-state index in [-0.39, 0.29) is 5.91 Å². The van der Waals surface area contributed by atoms with Gasteiger partial charge in [-0.1, -0.05) is 42.0 Å². The smallest absolute Gasteiger partial charge is 0.251 e. The first kappa shape index (κ1) is 14.3. The SMILES string of the molecule is COCc1cccc(C(=O)NCc2cccc(C)c2)c1. The number of hydrogen-bond donors (Lipinski definition) is 1. The van der Waals surface area contributed by atoms with Crippen LogP contribution in [-0.4, -0.2) is 13.0 Å².